The van der Waals surface area contributed by atoms with Crippen molar-refractivity contribution in [3.8, 4) is 0 Å². The highest BCUT2D eigenvalue weighted by atomic mass is 16.5. The Bertz CT molecular complexity index is 690. The van der Waals surface area contributed by atoms with E-state index in [2.05, 4.69) is 32.7 Å². The lowest BCUT2D eigenvalue weighted by Gasteiger charge is -2.29. The summed E-state index contributed by atoms with van der Waals surface area (Å²) in [5, 5.41) is 0. The molecule has 1 heterocycles. The van der Waals surface area contributed by atoms with Gasteiger partial charge in [0.2, 0.25) is 0 Å². The van der Waals surface area contributed by atoms with Gasteiger partial charge in [-0.1, -0.05) is 143 Å². The van der Waals surface area contributed by atoms with Gasteiger partial charge >= 0.3 is 11.9 Å². The predicted molar refractivity (Wildman–Crippen MR) is 196 cm³/mol. The van der Waals surface area contributed by atoms with E-state index < -0.39 is 0 Å². The molecule has 5 heteroatoms. The lowest BCUT2D eigenvalue weighted by Crippen LogP contribution is -2.35. The molecule has 0 aromatic rings. The number of ether oxygens (including phenoxy) is 2. The fourth-order valence-corrected chi connectivity index (χ4v) is 6.89. The van der Waals surface area contributed by atoms with E-state index in [0.717, 1.165) is 70.9 Å². The van der Waals surface area contributed by atoms with E-state index in [4.69, 9.17) is 9.47 Å². The highest BCUT2D eigenvalue weighted by molar-refractivity contribution is 5.72. The van der Waals surface area contributed by atoms with Gasteiger partial charge in [0.1, 0.15) is 12.2 Å². The van der Waals surface area contributed by atoms with Crippen LogP contribution in [-0.4, -0.2) is 49.2 Å². The Morgan fingerprint density at radius 1 is 0.522 bits per heavy atom. The molecular formula is C41H79NO4. The van der Waals surface area contributed by atoms with E-state index in [1.807, 2.05) is 0 Å². The van der Waals surface area contributed by atoms with Gasteiger partial charge in [-0.25, -0.2) is 0 Å². The summed E-state index contributed by atoms with van der Waals surface area (Å²) in [4.78, 5) is 27.6. The van der Waals surface area contributed by atoms with Crippen LogP contribution < -0.4 is 0 Å². The SMILES string of the molecule is CCCCCCCCCC(CCCCCCCCCCCCC(=O)OC(CCCC)CCCCCC)OC(=O)C1CCN(C)CC1. The second kappa shape index (κ2) is 31.2. The molecular weight excluding hydrogens is 570 g/mol. The minimum atomic E-state index is 0.0258. The average Bonchev–Trinajstić information content (AvgIpc) is 3.05. The van der Waals surface area contributed by atoms with Crippen LogP contribution in [0.15, 0.2) is 0 Å². The zero-order valence-electron chi connectivity index (χ0n) is 31.4. The molecule has 0 aromatic carbocycles. The monoisotopic (exact) mass is 650 g/mol. The van der Waals surface area contributed by atoms with Gasteiger partial charge in [0.15, 0.2) is 0 Å². The van der Waals surface area contributed by atoms with E-state index >= 15 is 0 Å². The molecule has 0 aliphatic carbocycles. The topological polar surface area (TPSA) is 55.8 Å². The second-order valence-electron chi connectivity index (χ2n) is 14.7. The number of rotatable bonds is 32. The number of esters is 2. The Balaban J connectivity index is 2.13. The first kappa shape index (κ1) is 42.9. The molecule has 0 bridgehead atoms. The average molecular weight is 650 g/mol. The number of piperidine rings is 1. The molecule has 0 spiro atoms. The third-order valence-electron chi connectivity index (χ3n) is 10.2. The van der Waals surface area contributed by atoms with E-state index in [1.54, 1.807) is 0 Å². The van der Waals surface area contributed by atoms with Crippen molar-refractivity contribution < 1.29 is 19.1 Å². The van der Waals surface area contributed by atoms with Crippen molar-refractivity contribution in [2.24, 2.45) is 5.92 Å². The summed E-state index contributed by atoms with van der Waals surface area (Å²) >= 11 is 0. The summed E-state index contributed by atoms with van der Waals surface area (Å²) in [6, 6.07) is 0. The van der Waals surface area contributed by atoms with Gasteiger partial charge in [0.05, 0.1) is 5.92 Å². The Labute approximate surface area is 287 Å². The Morgan fingerprint density at radius 2 is 0.891 bits per heavy atom. The quantitative estimate of drug-likeness (QED) is 0.0536. The summed E-state index contributed by atoms with van der Waals surface area (Å²) in [5.41, 5.74) is 0. The van der Waals surface area contributed by atoms with Crippen LogP contribution in [0.5, 0.6) is 0 Å². The normalized spacial score (nSPS) is 15.6. The van der Waals surface area contributed by atoms with E-state index in [9.17, 15) is 9.59 Å². The number of likely N-dealkylation sites (tertiary alicyclic amines) is 1. The Hall–Kier alpha value is -1.10. The first-order valence-electron chi connectivity index (χ1n) is 20.6. The van der Waals surface area contributed by atoms with E-state index in [1.165, 1.54) is 128 Å². The maximum atomic E-state index is 12.9. The molecule has 1 aliphatic heterocycles. The number of carbonyl (C=O) groups is 2. The summed E-state index contributed by atoms with van der Waals surface area (Å²) in [6.07, 6.45) is 35.6. The molecule has 1 rings (SSSR count). The van der Waals surface area contributed by atoms with Crippen molar-refractivity contribution in [1.82, 2.24) is 4.90 Å². The van der Waals surface area contributed by atoms with Gasteiger partial charge in [0.25, 0.3) is 0 Å². The molecule has 0 aromatic heterocycles. The summed E-state index contributed by atoms with van der Waals surface area (Å²) in [5.74, 6) is 0.208. The van der Waals surface area contributed by atoms with Crippen LogP contribution in [0.25, 0.3) is 0 Å². The van der Waals surface area contributed by atoms with Crippen LogP contribution in [0.1, 0.15) is 213 Å². The van der Waals surface area contributed by atoms with Crippen molar-refractivity contribution in [3.63, 3.8) is 0 Å². The molecule has 1 aliphatic rings. The minimum absolute atomic E-state index is 0.0258. The number of nitrogens with zero attached hydrogens (tertiary/aromatic N) is 1. The van der Waals surface area contributed by atoms with Crippen molar-refractivity contribution in [3.05, 3.63) is 0 Å². The number of hydrogen-bond donors (Lipinski definition) is 0. The highest BCUT2D eigenvalue weighted by Crippen LogP contribution is 2.23. The second-order valence-corrected chi connectivity index (χ2v) is 14.7. The van der Waals surface area contributed by atoms with Crippen LogP contribution in [-0.2, 0) is 19.1 Å². The van der Waals surface area contributed by atoms with Crippen molar-refractivity contribution in [2.45, 2.75) is 226 Å². The Morgan fingerprint density at radius 3 is 1.37 bits per heavy atom. The van der Waals surface area contributed by atoms with Gasteiger partial charge < -0.3 is 14.4 Å². The summed E-state index contributed by atoms with van der Waals surface area (Å²) in [7, 11) is 2.14. The molecule has 46 heavy (non-hydrogen) atoms. The molecule has 5 nitrogen and oxygen atoms in total. The van der Waals surface area contributed by atoms with Gasteiger partial charge in [-0.05, 0) is 84.3 Å². The zero-order chi connectivity index (χ0) is 33.5. The lowest BCUT2D eigenvalue weighted by atomic mass is 9.97. The predicted octanol–water partition coefficient (Wildman–Crippen LogP) is 12.1. The standard InChI is InChI=1S/C41H79NO4/c1-5-8-11-13-18-21-25-30-39(46-41(44)37-33-35-42(4)36-34-37)31-26-22-19-16-14-15-17-20-23-27-32-40(43)45-38(28-10-7-3)29-24-12-9-6-2/h37-39H,5-36H2,1-4H3. The first-order chi connectivity index (χ1) is 22.5. The molecule has 1 fully saturated rings. The van der Waals surface area contributed by atoms with Crippen LogP contribution in [0.2, 0.25) is 0 Å². The van der Waals surface area contributed by atoms with Crippen molar-refractivity contribution >= 4 is 11.9 Å². The largest absolute Gasteiger partial charge is 0.462 e. The molecule has 2 atom stereocenters. The van der Waals surface area contributed by atoms with Crippen LogP contribution in [0, 0.1) is 5.92 Å². The zero-order valence-corrected chi connectivity index (χ0v) is 31.4. The van der Waals surface area contributed by atoms with Crippen molar-refractivity contribution in [1.29, 1.82) is 0 Å². The smallest absolute Gasteiger partial charge is 0.309 e. The van der Waals surface area contributed by atoms with Gasteiger partial charge in [-0.3, -0.25) is 9.59 Å². The molecule has 0 saturated carbocycles. The molecule has 0 radical (unpaired) electrons. The summed E-state index contributed by atoms with van der Waals surface area (Å²) < 4.78 is 12.0. The highest BCUT2D eigenvalue weighted by Gasteiger charge is 2.26. The van der Waals surface area contributed by atoms with E-state index in [0.29, 0.717) is 6.42 Å². The molecule has 2 unspecified atom stereocenters. The lowest BCUT2D eigenvalue weighted by molar-refractivity contribution is -0.156. The third-order valence-corrected chi connectivity index (χ3v) is 10.2. The molecule has 272 valence electrons. The Kier molecular flexibility index (Phi) is 29.1. The van der Waals surface area contributed by atoms with Gasteiger partial charge in [0, 0.05) is 6.42 Å². The number of unbranched alkanes of at least 4 members (excludes halogenated alkanes) is 19. The third kappa shape index (κ3) is 25.0. The molecule has 0 N–H and O–H groups in total. The number of hydrogen-bond acceptors (Lipinski definition) is 5. The van der Waals surface area contributed by atoms with Gasteiger partial charge in [-0.15, -0.1) is 0 Å². The van der Waals surface area contributed by atoms with Crippen LogP contribution in [0.4, 0.5) is 0 Å². The van der Waals surface area contributed by atoms with Crippen molar-refractivity contribution in [2.75, 3.05) is 20.1 Å². The maximum absolute atomic E-state index is 12.9. The van der Waals surface area contributed by atoms with Crippen LogP contribution >= 0.6 is 0 Å². The van der Waals surface area contributed by atoms with E-state index in [-0.39, 0.29) is 30.1 Å². The molecule has 1 saturated heterocycles. The fraction of sp³-hybridized carbons (Fsp3) is 0.951. The fourth-order valence-electron chi connectivity index (χ4n) is 6.89. The summed E-state index contributed by atoms with van der Waals surface area (Å²) in [6.45, 7) is 8.74. The minimum Gasteiger partial charge on any atom is -0.462 e. The van der Waals surface area contributed by atoms with Crippen LogP contribution in [0.3, 0.4) is 0 Å². The molecule has 0 amide bonds. The number of carbonyl (C=O) groups excluding carboxylic acids is 2. The van der Waals surface area contributed by atoms with Gasteiger partial charge in [-0.2, -0.15) is 0 Å². The maximum Gasteiger partial charge on any atom is 0.309 e. The first-order valence-corrected chi connectivity index (χ1v) is 20.6.